The number of Topliss-reactive ketones (excluding diaryl/α,β-unsaturated/α-hetero) is 1. The normalized spacial score (nSPS) is 26.9. The smallest absolute Gasteiger partial charge is 0.206 e. The van der Waals surface area contributed by atoms with Gasteiger partial charge in [-0.2, -0.15) is 0 Å². The maximum atomic E-state index is 13.0. The van der Waals surface area contributed by atoms with Gasteiger partial charge in [-0.25, -0.2) is 0 Å². The fourth-order valence-corrected chi connectivity index (χ4v) is 4.77. The fourth-order valence-electron chi connectivity index (χ4n) is 4.77. The Labute approximate surface area is 217 Å². The number of hydrogen-bond acceptors (Lipinski definition) is 6. The molecule has 0 bridgehead atoms. The molecule has 3 aromatic rings. The van der Waals surface area contributed by atoms with E-state index in [4.69, 9.17) is 23.7 Å². The Morgan fingerprint density at radius 1 is 0.919 bits per heavy atom. The largest absolute Gasteiger partial charge is 0.370 e. The van der Waals surface area contributed by atoms with Crippen LogP contribution >= 0.6 is 0 Å². The average Bonchev–Trinajstić information content (AvgIpc) is 2.96. The first-order chi connectivity index (χ1) is 18.2. The number of fused-ring (bicyclic) bond motifs is 1. The highest BCUT2D eigenvalue weighted by molar-refractivity contribution is 5.96. The Morgan fingerprint density at radius 2 is 1.59 bits per heavy atom. The minimum absolute atomic E-state index is 0.112. The van der Waals surface area contributed by atoms with Crippen molar-refractivity contribution in [3.63, 3.8) is 0 Å². The van der Waals surface area contributed by atoms with Gasteiger partial charge in [-0.3, -0.25) is 4.79 Å². The van der Waals surface area contributed by atoms with Gasteiger partial charge in [0.15, 0.2) is 12.6 Å². The van der Waals surface area contributed by atoms with Crippen LogP contribution in [0.15, 0.2) is 91.0 Å². The molecule has 6 atom stereocenters. The van der Waals surface area contributed by atoms with Gasteiger partial charge in [0.05, 0.1) is 19.3 Å². The van der Waals surface area contributed by atoms with Gasteiger partial charge in [0.2, 0.25) is 5.78 Å². The van der Waals surface area contributed by atoms with Crippen molar-refractivity contribution < 1.29 is 28.5 Å². The zero-order chi connectivity index (χ0) is 25.5. The van der Waals surface area contributed by atoms with Crippen LogP contribution in [0.4, 0.5) is 0 Å². The third-order valence-corrected chi connectivity index (χ3v) is 6.59. The van der Waals surface area contributed by atoms with E-state index in [0.29, 0.717) is 13.2 Å². The first-order valence-electron chi connectivity index (χ1n) is 12.5. The van der Waals surface area contributed by atoms with E-state index in [2.05, 4.69) is 11.8 Å². The molecule has 2 fully saturated rings. The van der Waals surface area contributed by atoms with E-state index >= 15 is 0 Å². The van der Waals surface area contributed by atoms with Gasteiger partial charge in [-0.1, -0.05) is 84.8 Å². The van der Waals surface area contributed by atoms with Gasteiger partial charge in [0, 0.05) is 30.6 Å². The first-order valence-corrected chi connectivity index (χ1v) is 12.5. The van der Waals surface area contributed by atoms with Crippen molar-refractivity contribution in [2.45, 2.75) is 43.9 Å². The molecule has 0 amide bonds. The summed E-state index contributed by atoms with van der Waals surface area (Å²) in [4.78, 5) is 13.0. The molecule has 0 aliphatic carbocycles. The molecule has 0 saturated carbocycles. The standard InChI is InChI=1S/C31H30O6/c1-33-31-26(19-25(32)18-17-22-11-5-2-6-12-22)28(34-20-23-13-7-3-8-14-23)29-27(36-31)21-35-30(37-29)24-15-9-4-10-16-24/h2-16,26-31H,19-21H2,1H3/t26-,27+,28-,29+,30?,31-/m0/s1. The minimum atomic E-state index is -0.662. The summed E-state index contributed by atoms with van der Waals surface area (Å²) in [6.07, 6.45) is -2.42. The molecule has 2 aliphatic heterocycles. The third-order valence-electron chi connectivity index (χ3n) is 6.59. The zero-order valence-corrected chi connectivity index (χ0v) is 20.7. The van der Waals surface area contributed by atoms with Crippen molar-refractivity contribution >= 4 is 5.78 Å². The Kier molecular flexibility index (Phi) is 8.42. The molecule has 0 aromatic heterocycles. The average molecular weight is 499 g/mol. The molecule has 6 heteroatoms. The molecule has 3 aromatic carbocycles. The highest BCUT2D eigenvalue weighted by Gasteiger charge is 2.51. The number of methoxy groups -OCH3 is 1. The number of rotatable bonds is 7. The summed E-state index contributed by atoms with van der Waals surface area (Å²) in [5.74, 6) is 5.10. The second-order valence-corrected chi connectivity index (χ2v) is 9.12. The van der Waals surface area contributed by atoms with Crippen LogP contribution in [-0.2, 0) is 35.1 Å². The monoisotopic (exact) mass is 498 g/mol. The Balaban J connectivity index is 1.39. The maximum absolute atomic E-state index is 13.0. The highest BCUT2D eigenvalue weighted by atomic mass is 16.7. The molecular weight excluding hydrogens is 468 g/mol. The summed E-state index contributed by atoms with van der Waals surface area (Å²) in [6, 6.07) is 29.1. The van der Waals surface area contributed by atoms with E-state index < -0.39 is 36.8 Å². The molecule has 1 unspecified atom stereocenters. The van der Waals surface area contributed by atoms with Crippen LogP contribution in [0.5, 0.6) is 0 Å². The lowest BCUT2D eigenvalue weighted by molar-refractivity contribution is -0.356. The topological polar surface area (TPSA) is 63.2 Å². The van der Waals surface area contributed by atoms with Gasteiger partial charge in [-0.05, 0) is 23.6 Å². The number of ketones is 1. The molecular formula is C31H30O6. The summed E-state index contributed by atoms with van der Waals surface area (Å²) in [6.45, 7) is 0.690. The van der Waals surface area contributed by atoms with Crippen molar-refractivity contribution in [3.8, 4) is 11.8 Å². The van der Waals surface area contributed by atoms with Crippen molar-refractivity contribution in [1.29, 1.82) is 0 Å². The van der Waals surface area contributed by atoms with Crippen LogP contribution in [0.2, 0.25) is 0 Å². The highest BCUT2D eigenvalue weighted by Crippen LogP contribution is 2.39. The van der Waals surface area contributed by atoms with E-state index in [1.807, 2.05) is 91.0 Å². The van der Waals surface area contributed by atoms with Crippen LogP contribution < -0.4 is 0 Å². The van der Waals surface area contributed by atoms with E-state index in [1.54, 1.807) is 7.11 Å². The molecule has 0 spiro atoms. The van der Waals surface area contributed by atoms with E-state index in [1.165, 1.54) is 0 Å². The van der Waals surface area contributed by atoms with E-state index in [9.17, 15) is 4.79 Å². The minimum Gasteiger partial charge on any atom is -0.370 e. The van der Waals surface area contributed by atoms with Gasteiger partial charge in [0.25, 0.3) is 0 Å². The van der Waals surface area contributed by atoms with Gasteiger partial charge < -0.3 is 23.7 Å². The zero-order valence-electron chi connectivity index (χ0n) is 20.7. The number of carbonyl (C=O) groups is 1. The molecule has 2 heterocycles. The quantitative estimate of drug-likeness (QED) is 0.441. The first kappa shape index (κ1) is 25.3. The number of hydrogen-bond donors (Lipinski definition) is 0. The van der Waals surface area contributed by atoms with Gasteiger partial charge in [-0.15, -0.1) is 0 Å². The fraction of sp³-hybridized carbons (Fsp3) is 0.323. The summed E-state index contributed by atoms with van der Waals surface area (Å²) in [5.41, 5.74) is 2.73. The van der Waals surface area contributed by atoms with Crippen LogP contribution in [0.1, 0.15) is 29.4 Å². The predicted octanol–water partition coefficient (Wildman–Crippen LogP) is 4.68. The summed E-state index contributed by atoms with van der Waals surface area (Å²) in [7, 11) is 1.57. The Morgan fingerprint density at radius 3 is 2.30 bits per heavy atom. The van der Waals surface area contributed by atoms with Crippen LogP contribution in [0, 0.1) is 17.8 Å². The second kappa shape index (κ2) is 12.3. The van der Waals surface area contributed by atoms with Crippen molar-refractivity contribution in [1.82, 2.24) is 0 Å². The molecule has 37 heavy (non-hydrogen) atoms. The van der Waals surface area contributed by atoms with Crippen LogP contribution in [0.3, 0.4) is 0 Å². The molecule has 6 nitrogen and oxygen atoms in total. The molecule has 2 aliphatic rings. The van der Waals surface area contributed by atoms with Crippen LogP contribution in [0.25, 0.3) is 0 Å². The Bertz CT molecular complexity index is 1200. The molecule has 5 rings (SSSR count). The second-order valence-electron chi connectivity index (χ2n) is 9.12. The predicted molar refractivity (Wildman–Crippen MR) is 137 cm³/mol. The van der Waals surface area contributed by atoms with Crippen molar-refractivity contribution in [2.75, 3.05) is 13.7 Å². The molecule has 2 saturated heterocycles. The van der Waals surface area contributed by atoms with Gasteiger partial charge >= 0.3 is 0 Å². The number of benzene rings is 3. The summed E-state index contributed by atoms with van der Waals surface area (Å²) in [5, 5.41) is 0. The third kappa shape index (κ3) is 6.34. The lowest BCUT2D eigenvalue weighted by Gasteiger charge is -2.49. The lowest BCUT2D eigenvalue weighted by Crippen LogP contribution is -2.60. The maximum Gasteiger partial charge on any atom is 0.206 e. The summed E-state index contributed by atoms with van der Waals surface area (Å²) < 4.78 is 30.8. The van der Waals surface area contributed by atoms with Crippen molar-refractivity contribution in [2.24, 2.45) is 5.92 Å². The summed E-state index contributed by atoms with van der Waals surface area (Å²) >= 11 is 0. The van der Waals surface area contributed by atoms with E-state index in [-0.39, 0.29) is 12.2 Å². The van der Waals surface area contributed by atoms with E-state index in [0.717, 1.165) is 16.7 Å². The molecule has 190 valence electrons. The van der Waals surface area contributed by atoms with Gasteiger partial charge in [0.1, 0.15) is 12.2 Å². The number of ether oxygens (including phenoxy) is 5. The molecule has 0 radical (unpaired) electrons. The SMILES string of the molecule is CO[C@H]1O[C@@H]2COC(c3ccccc3)O[C@H]2[C@@H](OCc2ccccc2)[C@@H]1CC(=O)C#Cc1ccccc1. The lowest BCUT2D eigenvalue weighted by atomic mass is 9.86. The van der Waals surface area contributed by atoms with Crippen LogP contribution in [-0.4, -0.2) is 44.1 Å². The molecule has 0 N–H and O–H groups in total. The number of carbonyl (C=O) groups excluding carboxylic acids is 1. The Hall–Kier alpha value is -3.31. The van der Waals surface area contributed by atoms with Crippen molar-refractivity contribution in [3.05, 3.63) is 108 Å².